The van der Waals surface area contributed by atoms with E-state index in [1.807, 2.05) is 23.6 Å². The van der Waals surface area contributed by atoms with Crippen LogP contribution in [0, 0.1) is 5.92 Å². The van der Waals surface area contributed by atoms with Gasteiger partial charge in [0.25, 0.3) is 0 Å². The normalized spacial score (nSPS) is 29.4. The van der Waals surface area contributed by atoms with Crippen molar-refractivity contribution in [1.29, 1.82) is 0 Å². The van der Waals surface area contributed by atoms with E-state index in [-0.39, 0.29) is 29.9 Å². The Kier molecular flexibility index (Phi) is 4.45. The van der Waals surface area contributed by atoms with Crippen LogP contribution in [-0.2, 0) is 14.3 Å². The third kappa shape index (κ3) is 3.26. The molecule has 5 heteroatoms. The van der Waals surface area contributed by atoms with Crippen LogP contribution in [0.5, 0.6) is 0 Å². The second kappa shape index (κ2) is 5.90. The summed E-state index contributed by atoms with van der Waals surface area (Å²) in [4.78, 5) is 27.6. The predicted octanol–water partition coefficient (Wildman–Crippen LogP) is 0.881. The molecule has 108 valence electrons. The number of ether oxygens (including phenoxy) is 1. The highest BCUT2D eigenvalue weighted by molar-refractivity contribution is 5.80. The average Bonchev–Trinajstić information content (AvgIpc) is 2.41. The number of carbonyl (C=O) groups excluding carboxylic acids is 2. The van der Waals surface area contributed by atoms with Crippen molar-refractivity contribution in [2.24, 2.45) is 5.92 Å². The van der Waals surface area contributed by atoms with Gasteiger partial charge in [-0.25, -0.2) is 0 Å². The SMILES string of the molecule is CC(=O)N1CCC(C(=O)N2CC(C)OCC2C)CC1. The maximum atomic E-state index is 12.6. The van der Waals surface area contributed by atoms with E-state index in [0.29, 0.717) is 26.2 Å². The second-order valence-electron chi connectivity index (χ2n) is 5.76. The molecule has 2 fully saturated rings. The highest BCUT2D eigenvalue weighted by atomic mass is 16.5. The van der Waals surface area contributed by atoms with E-state index < -0.39 is 0 Å². The number of nitrogens with zero attached hydrogens (tertiary/aromatic N) is 2. The zero-order valence-electron chi connectivity index (χ0n) is 12.1. The van der Waals surface area contributed by atoms with Crippen LogP contribution in [0.3, 0.4) is 0 Å². The fourth-order valence-electron chi connectivity index (χ4n) is 2.89. The third-order valence-electron chi connectivity index (χ3n) is 4.18. The van der Waals surface area contributed by atoms with E-state index in [1.165, 1.54) is 0 Å². The summed E-state index contributed by atoms with van der Waals surface area (Å²) in [5, 5.41) is 0. The molecule has 0 aliphatic carbocycles. The molecule has 2 unspecified atom stereocenters. The Hall–Kier alpha value is -1.10. The summed E-state index contributed by atoms with van der Waals surface area (Å²) in [6, 6.07) is 0.162. The summed E-state index contributed by atoms with van der Waals surface area (Å²) >= 11 is 0. The first-order chi connectivity index (χ1) is 8.99. The molecule has 2 atom stereocenters. The van der Waals surface area contributed by atoms with Crippen molar-refractivity contribution < 1.29 is 14.3 Å². The van der Waals surface area contributed by atoms with Crippen LogP contribution >= 0.6 is 0 Å². The van der Waals surface area contributed by atoms with Gasteiger partial charge in [-0.05, 0) is 26.7 Å². The van der Waals surface area contributed by atoms with Crippen molar-refractivity contribution >= 4 is 11.8 Å². The minimum atomic E-state index is 0.0725. The molecule has 0 N–H and O–H groups in total. The highest BCUT2D eigenvalue weighted by Crippen LogP contribution is 2.22. The summed E-state index contributed by atoms with van der Waals surface area (Å²) in [7, 11) is 0. The van der Waals surface area contributed by atoms with Crippen LogP contribution in [0.4, 0.5) is 0 Å². The van der Waals surface area contributed by atoms with Gasteiger partial charge in [0.2, 0.25) is 11.8 Å². The molecule has 2 aliphatic rings. The summed E-state index contributed by atoms with van der Waals surface area (Å²) in [6.45, 7) is 8.36. The first-order valence-electron chi connectivity index (χ1n) is 7.16. The molecule has 0 saturated carbocycles. The Morgan fingerprint density at radius 2 is 1.79 bits per heavy atom. The Balaban J connectivity index is 1.91. The van der Waals surface area contributed by atoms with Crippen molar-refractivity contribution in [2.75, 3.05) is 26.2 Å². The van der Waals surface area contributed by atoms with E-state index >= 15 is 0 Å². The molecule has 2 aliphatic heterocycles. The van der Waals surface area contributed by atoms with Gasteiger partial charge in [0.1, 0.15) is 0 Å². The number of carbonyl (C=O) groups is 2. The Morgan fingerprint density at radius 3 is 2.37 bits per heavy atom. The first-order valence-corrected chi connectivity index (χ1v) is 7.16. The Bertz CT molecular complexity index is 351. The zero-order chi connectivity index (χ0) is 14.0. The van der Waals surface area contributed by atoms with Crippen LogP contribution < -0.4 is 0 Å². The molecule has 0 aromatic carbocycles. The minimum absolute atomic E-state index is 0.0725. The van der Waals surface area contributed by atoms with Gasteiger partial charge in [-0.2, -0.15) is 0 Å². The molecule has 0 bridgehead atoms. The van der Waals surface area contributed by atoms with Crippen molar-refractivity contribution in [3.05, 3.63) is 0 Å². The zero-order valence-corrected chi connectivity index (χ0v) is 12.1. The average molecular weight is 268 g/mol. The standard InChI is InChI=1S/C14H24N2O3/c1-10-9-19-11(2)8-16(10)14(18)13-4-6-15(7-5-13)12(3)17/h10-11,13H,4-9H2,1-3H3. The second-order valence-corrected chi connectivity index (χ2v) is 5.76. The summed E-state index contributed by atoms with van der Waals surface area (Å²) in [6.07, 6.45) is 1.70. The van der Waals surface area contributed by atoms with E-state index in [9.17, 15) is 9.59 Å². The van der Waals surface area contributed by atoms with E-state index in [4.69, 9.17) is 4.74 Å². The third-order valence-corrected chi connectivity index (χ3v) is 4.18. The fraction of sp³-hybridized carbons (Fsp3) is 0.857. The van der Waals surface area contributed by atoms with Gasteiger partial charge in [0, 0.05) is 32.5 Å². The highest BCUT2D eigenvalue weighted by Gasteiger charge is 2.34. The maximum Gasteiger partial charge on any atom is 0.226 e. The maximum absolute atomic E-state index is 12.6. The van der Waals surface area contributed by atoms with Crippen LogP contribution in [0.1, 0.15) is 33.6 Å². The molecule has 2 amide bonds. The van der Waals surface area contributed by atoms with E-state index in [2.05, 4.69) is 0 Å². The number of rotatable bonds is 1. The monoisotopic (exact) mass is 268 g/mol. The van der Waals surface area contributed by atoms with Gasteiger partial charge < -0.3 is 14.5 Å². The number of morpholine rings is 1. The largest absolute Gasteiger partial charge is 0.375 e. The molecule has 5 nitrogen and oxygen atoms in total. The van der Waals surface area contributed by atoms with Crippen LogP contribution in [0.2, 0.25) is 0 Å². The number of piperidine rings is 1. The molecule has 19 heavy (non-hydrogen) atoms. The van der Waals surface area contributed by atoms with Gasteiger partial charge >= 0.3 is 0 Å². The minimum Gasteiger partial charge on any atom is -0.375 e. The molecule has 2 rings (SSSR count). The molecule has 2 saturated heterocycles. The molecule has 0 spiro atoms. The van der Waals surface area contributed by atoms with Crippen molar-refractivity contribution in [3.63, 3.8) is 0 Å². The number of amides is 2. The van der Waals surface area contributed by atoms with Gasteiger partial charge in [-0.1, -0.05) is 0 Å². The quantitative estimate of drug-likeness (QED) is 0.709. The van der Waals surface area contributed by atoms with Crippen molar-refractivity contribution in [1.82, 2.24) is 9.80 Å². The lowest BCUT2D eigenvalue weighted by Crippen LogP contribution is -2.53. The molecule has 0 aromatic rings. The topological polar surface area (TPSA) is 49.9 Å². The number of hydrogen-bond donors (Lipinski definition) is 0. The van der Waals surface area contributed by atoms with Crippen LogP contribution in [-0.4, -0.2) is 60.0 Å². The van der Waals surface area contributed by atoms with E-state index in [1.54, 1.807) is 6.92 Å². The number of hydrogen-bond acceptors (Lipinski definition) is 3. The summed E-state index contributed by atoms with van der Waals surface area (Å²) < 4.78 is 5.56. The molecular formula is C14H24N2O3. The van der Waals surface area contributed by atoms with Gasteiger partial charge in [-0.3, -0.25) is 9.59 Å². The van der Waals surface area contributed by atoms with Crippen LogP contribution in [0.25, 0.3) is 0 Å². The predicted molar refractivity (Wildman–Crippen MR) is 71.6 cm³/mol. The summed E-state index contributed by atoms with van der Waals surface area (Å²) in [5.74, 6) is 0.425. The molecule has 0 aromatic heterocycles. The summed E-state index contributed by atoms with van der Waals surface area (Å²) in [5.41, 5.74) is 0. The molecule has 2 heterocycles. The van der Waals surface area contributed by atoms with Gasteiger partial charge in [-0.15, -0.1) is 0 Å². The smallest absolute Gasteiger partial charge is 0.226 e. The number of likely N-dealkylation sites (tertiary alicyclic amines) is 1. The van der Waals surface area contributed by atoms with Crippen molar-refractivity contribution in [2.45, 2.75) is 45.8 Å². The van der Waals surface area contributed by atoms with Gasteiger partial charge in [0.15, 0.2) is 0 Å². The van der Waals surface area contributed by atoms with E-state index in [0.717, 1.165) is 12.8 Å². The first kappa shape index (κ1) is 14.3. The molecular weight excluding hydrogens is 244 g/mol. The Morgan fingerprint density at radius 1 is 1.16 bits per heavy atom. The van der Waals surface area contributed by atoms with Crippen molar-refractivity contribution in [3.8, 4) is 0 Å². The van der Waals surface area contributed by atoms with Crippen LogP contribution in [0.15, 0.2) is 0 Å². The van der Waals surface area contributed by atoms with Gasteiger partial charge in [0.05, 0.1) is 18.8 Å². The lowest BCUT2D eigenvalue weighted by molar-refractivity contribution is -0.150. The lowest BCUT2D eigenvalue weighted by Gasteiger charge is -2.40. The Labute approximate surface area is 114 Å². The fourth-order valence-corrected chi connectivity index (χ4v) is 2.89. The lowest BCUT2D eigenvalue weighted by atomic mass is 9.94. The molecule has 0 radical (unpaired) electrons.